The van der Waals surface area contributed by atoms with E-state index in [0.29, 0.717) is 26.1 Å². The number of carbonyl (C=O) groups excluding carboxylic acids is 2. The van der Waals surface area contributed by atoms with Gasteiger partial charge in [-0.25, -0.2) is 0 Å². The number of methoxy groups -OCH3 is 1. The average molecular weight is 243 g/mol. The molecule has 17 heavy (non-hydrogen) atoms. The zero-order valence-electron chi connectivity index (χ0n) is 10.4. The average Bonchev–Trinajstić information content (AvgIpc) is 2.32. The van der Waals surface area contributed by atoms with Crippen LogP contribution in [-0.4, -0.2) is 55.6 Å². The lowest BCUT2D eigenvalue weighted by Crippen LogP contribution is -2.56. The van der Waals surface area contributed by atoms with Crippen LogP contribution in [0.4, 0.5) is 0 Å². The Balaban J connectivity index is 2.47. The van der Waals surface area contributed by atoms with E-state index in [-0.39, 0.29) is 11.8 Å². The molecule has 2 atom stereocenters. The summed E-state index contributed by atoms with van der Waals surface area (Å²) in [5.41, 5.74) is 5.69. The summed E-state index contributed by atoms with van der Waals surface area (Å²) in [6.45, 7) is 3.24. The van der Waals surface area contributed by atoms with Gasteiger partial charge in [0.25, 0.3) is 0 Å². The molecule has 98 valence electrons. The first kappa shape index (κ1) is 13.9. The maximum Gasteiger partial charge on any atom is 0.242 e. The summed E-state index contributed by atoms with van der Waals surface area (Å²) in [6.07, 6.45) is 1.55. The van der Waals surface area contributed by atoms with Crippen LogP contribution in [0.5, 0.6) is 0 Å². The Hall–Kier alpha value is -1.14. The molecular weight excluding hydrogens is 222 g/mol. The Labute approximate surface area is 101 Å². The summed E-state index contributed by atoms with van der Waals surface area (Å²) in [5, 5.41) is 2.72. The molecule has 1 fully saturated rings. The Bertz CT molecular complexity index is 283. The molecule has 1 heterocycles. The monoisotopic (exact) mass is 243 g/mol. The van der Waals surface area contributed by atoms with E-state index in [1.54, 1.807) is 18.9 Å². The van der Waals surface area contributed by atoms with Crippen molar-refractivity contribution in [3.63, 3.8) is 0 Å². The van der Waals surface area contributed by atoms with E-state index in [1.807, 2.05) is 0 Å². The Morgan fingerprint density at radius 1 is 1.71 bits per heavy atom. The lowest BCUT2D eigenvalue weighted by molar-refractivity contribution is -0.143. The molecule has 1 aliphatic rings. The summed E-state index contributed by atoms with van der Waals surface area (Å²) >= 11 is 0. The Morgan fingerprint density at radius 3 is 3.06 bits per heavy atom. The molecule has 1 saturated heterocycles. The van der Waals surface area contributed by atoms with Crippen LogP contribution in [0.1, 0.15) is 19.8 Å². The van der Waals surface area contributed by atoms with Gasteiger partial charge in [-0.05, 0) is 19.8 Å². The van der Waals surface area contributed by atoms with Crippen molar-refractivity contribution < 1.29 is 14.3 Å². The number of carbonyl (C=O) groups is 2. The fourth-order valence-corrected chi connectivity index (χ4v) is 1.88. The minimum atomic E-state index is -0.467. The highest BCUT2D eigenvalue weighted by atomic mass is 16.5. The SMILES string of the molecule is COCCNC(=O)[C@@H](C)N1CCC[C@@H](N)C1=O. The molecule has 0 aromatic rings. The van der Waals surface area contributed by atoms with Crippen molar-refractivity contribution in [1.29, 1.82) is 0 Å². The van der Waals surface area contributed by atoms with Crippen LogP contribution >= 0.6 is 0 Å². The zero-order valence-corrected chi connectivity index (χ0v) is 10.4. The fourth-order valence-electron chi connectivity index (χ4n) is 1.88. The summed E-state index contributed by atoms with van der Waals surface area (Å²) in [7, 11) is 1.57. The van der Waals surface area contributed by atoms with Crippen LogP contribution in [0.3, 0.4) is 0 Å². The van der Waals surface area contributed by atoms with Crippen molar-refractivity contribution in [3.05, 3.63) is 0 Å². The summed E-state index contributed by atoms with van der Waals surface area (Å²) in [5.74, 6) is -0.296. The van der Waals surface area contributed by atoms with Crippen molar-refractivity contribution in [2.75, 3.05) is 26.8 Å². The Morgan fingerprint density at radius 2 is 2.41 bits per heavy atom. The molecule has 0 aromatic carbocycles. The third kappa shape index (κ3) is 3.67. The molecule has 3 N–H and O–H groups in total. The van der Waals surface area contributed by atoms with E-state index in [2.05, 4.69) is 5.32 Å². The second-order valence-electron chi connectivity index (χ2n) is 4.24. The molecule has 2 amide bonds. The van der Waals surface area contributed by atoms with Gasteiger partial charge < -0.3 is 20.7 Å². The van der Waals surface area contributed by atoms with Gasteiger partial charge in [-0.2, -0.15) is 0 Å². The minimum Gasteiger partial charge on any atom is -0.383 e. The van der Waals surface area contributed by atoms with E-state index >= 15 is 0 Å². The number of nitrogens with two attached hydrogens (primary N) is 1. The molecule has 0 radical (unpaired) electrons. The molecule has 1 aliphatic heterocycles. The zero-order chi connectivity index (χ0) is 12.8. The summed E-state index contributed by atoms with van der Waals surface area (Å²) in [6, 6.07) is -0.927. The number of amides is 2. The predicted octanol–water partition coefficient (Wildman–Crippen LogP) is -0.913. The third-order valence-electron chi connectivity index (χ3n) is 2.97. The van der Waals surface area contributed by atoms with Crippen molar-refractivity contribution in [3.8, 4) is 0 Å². The molecule has 0 aromatic heterocycles. The number of rotatable bonds is 5. The lowest BCUT2D eigenvalue weighted by atomic mass is 10.0. The van der Waals surface area contributed by atoms with E-state index in [9.17, 15) is 9.59 Å². The van der Waals surface area contributed by atoms with Crippen molar-refractivity contribution >= 4 is 11.8 Å². The second kappa shape index (κ2) is 6.56. The highest BCUT2D eigenvalue weighted by molar-refractivity contribution is 5.89. The van der Waals surface area contributed by atoms with Gasteiger partial charge in [0.15, 0.2) is 0 Å². The summed E-state index contributed by atoms with van der Waals surface area (Å²) in [4.78, 5) is 25.1. The molecule has 0 spiro atoms. The molecule has 0 saturated carbocycles. The Kier molecular flexibility index (Phi) is 5.37. The number of hydrogen-bond donors (Lipinski definition) is 2. The first-order valence-electron chi connectivity index (χ1n) is 5.90. The summed E-state index contributed by atoms with van der Waals surface area (Å²) < 4.78 is 4.84. The molecule has 6 heteroatoms. The lowest BCUT2D eigenvalue weighted by Gasteiger charge is -2.34. The smallest absolute Gasteiger partial charge is 0.242 e. The number of nitrogens with zero attached hydrogens (tertiary/aromatic N) is 1. The molecule has 6 nitrogen and oxygen atoms in total. The first-order chi connectivity index (χ1) is 8.07. The van der Waals surface area contributed by atoms with Crippen LogP contribution in [0.15, 0.2) is 0 Å². The molecule has 0 aliphatic carbocycles. The van der Waals surface area contributed by atoms with Gasteiger partial charge in [0.05, 0.1) is 12.6 Å². The highest BCUT2D eigenvalue weighted by Gasteiger charge is 2.31. The number of hydrogen-bond acceptors (Lipinski definition) is 4. The van der Waals surface area contributed by atoms with Gasteiger partial charge in [0.1, 0.15) is 6.04 Å². The predicted molar refractivity (Wildman–Crippen MR) is 63.3 cm³/mol. The number of likely N-dealkylation sites (tertiary alicyclic amines) is 1. The first-order valence-corrected chi connectivity index (χ1v) is 5.90. The normalized spacial score (nSPS) is 22.4. The molecule has 0 bridgehead atoms. The van der Waals surface area contributed by atoms with Gasteiger partial charge in [0.2, 0.25) is 11.8 Å². The van der Waals surface area contributed by atoms with Crippen LogP contribution in [-0.2, 0) is 14.3 Å². The standard InChI is InChI=1S/C11H21N3O3/c1-8(10(15)13-5-7-17-2)14-6-3-4-9(12)11(14)16/h8-9H,3-7,12H2,1-2H3,(H,13,15)/t8-,9-/m1/s1. The van der Waals surface area contributed by atoms with Crippen molar-refractivity contribution in [1.82, 2.24) is 10.2 Å². The quantitative estimate of drug-likeness (QED) is 0.612. The van der Waals surface area contributed by atoms with Crippen LogP contribution < -0.4 is 11.1 Å². The van der Waals surface area contributed by atoms with E-state index < -0.39 is 12.1 Å². The van der Waals surface area contributed by atoms with E-state index in [0.717, 1.165) is 6.42 Å². The van der Waals surface area contributed by atoms with Crippen LogP contribution in [0.2, 0.25) is 0 Å². The largest absolute Gasteiger partial charge is 0.383 e. The molecule has 1 rings (SSSR count). The van der Waals surface area contributed by atoms with Gasteiger partial charge in [-0.15, -0.1) is 0 Å². The fraction of sp³-hybridized carbons (Fsp3) is 0.818. The van der Waals surface area contributed by atoms with Gasteiger partial charge in [-0.3, -0.25) is 9.59 Å². The van der Waals surface area contributed by atoms with Crippen molar-refractivity contribution in [2.24, 2.45) is 5.73 Å². The topological polar surface area (TPSA) is 84.7 Å². The van der Waals surface area contributed by atoms with Crippen LogP contribution in [0.25, 0.3) is 0 Å². The van der Waals surface area contributed by atoms with E-state index in [1.165, 1.54) is 0 Å². The van der Waals surface area contributed by atoms with Gasteiger partial charge in [-0.1, -0.05) is 0 Å². The van der Waals surface area contributed by atoms with Gasteiger partial charge >= 0.3 is 0 Å². The number of ether oxygens (including phenoxy) is 1. The van der Waals surface area contributed by atoms with E-state index in [4.69, 9.17) is 10.5 Å². The minimum absolute atomic E-state index is 0.134. The van der Waals surface area contributed by atoms with Crippen molar-refractivity contribution in [2.45, 2.75) is 31.8 Å². The molecular formula is C11H21N3O3. The maximum atomic E-state index is 11.8. The number of nitrogens with one attached hydrogen (secondary N) is 1. The van der Waals surface area contributed by atoms with Gasteiger partial charge in [0, 0.05) is 20.2 Å². The molecule has 0 unspecified atom stereocenters. The second-order valence-corrected chi connectivity index (χ2v) is 4.24. The highest BCUT2D eigenvalue weighted by Crippen LogP contribution is 2.13. The maximum absolute atomic E-state index is 11.8. The third-order valence-corrected chi connectivity index (χ3v) is 2.97. The number of piperidine rings is 1. The van der Waals surface area contributed by atoms with Crippen LogP contribution in [0, 0.1) is 0 Å².